The number of amides is 1. The second-order valence-corrected chi connectivity index (χ2v) is 5.67. The Kier molecular flexibility index (Phi) is 3.94. The van der Waals surface area contributed by atoms with Gasteiger partial charge in [-0.3, -0.25) is 14.5 Å². The zero-order valence-corrected chi connectivity index (χ0v) is 11.3. The Labute approximate surface area is 115 Å². The summed E-state index contributed by atoms with van der Waals surface area (Å²) in [6.45, 7) is -0.139. The first-order chi connectivity index (χ1) is 9.42. The standard InChI is InChI=1S/C10H12N6O3S/c1-20(18,19)15-9-6-12-16(14-9)7-10(17)13-8-3-2-4-11-5-8/h2-6H,7H2,1H3,(H,13,17)(H,14,15). The van der Waals surface area contributed by atoms with Gasteiger partial charge in [0.15, 0.2) is 5.82 Å². The van der Waals surface area contributed by atoms with Crippen LogP contribution in [0.25, 0.3) is 0 Å². The molecule has 0 aliphatic carbocycles. The Morgan fingerprint density at radius 1 is 1.40 bits per heavy atom. The van der Waals surface area contributed by atoms with E-state index in [0.717, 1.165) is 11.1 Å². The van der Waals surface area contributed by atoms with Crippen LogP contribution in [0.3, 0.4) is 0 Å². The summed E-state index contributed by atoms with van der Waals surface area (Å²) < 4.78 is 24.2. The van der Waals surface area contributed by atoms with E-state index in [1.54, 1.807) is 18.3 Å². The van der Waals surface area contributed by atoms with Gasteiger partial charge in [-0.15, -0.1) is 5.10 Å². The molecule has 2 N–H and O–H groups in total. The number of nitrogens with one attached hydrogen (secondary N) is 2. The summed E-state index contributed by atoms with van der Waals surface area (Å²) in [7, 11) is -3.42. The Morgan fingerprint density at radius 3 is 2.85 bits per heavy atom. The molecule has 2 heterocycles. The van der Waals surface area contributed by atoms with Crippen LogP contribution >= 0.6 is 0 Å². The van der Waals surface area contributed by atoms with Gasteiger partial charge < -0.3 is 5.32 Å². The summed E-state index contributed by atoms with van der Waals surface area (Å²) >= 11 is 0. The van der Waals surface area contributed by atoms with Gasteiger partial charge in [-0.2, -0.15) is 9.90 Å². The lowest BCUT2D eigenvalue weighted by Crippen LogP contribution is -2.20. The van der Waals surface area contributed by atoms with Crippen molar-refractivity contribution in [2.24, 2.45) is 0 Å². The van der Waals surface area contributed by atoms with Crippen molar-refractivity contribution in [3.05, 3.63) is 30.7 Å². The number of sulfonamides is 1. The lowest BCUT2D eigenvalue weighted by atomic mass is 10.4. The average Bonchev–Trinajstić information content (AvgIpc) is 2.75. The van der Waals surface area contributed by atoms with E-state index in [-0.39, 0.29) is 18.3 Å². The molecule has 0 unspecified atom stereocenters. The van der Waals surface area contributed by atoms with Crippen LogP contribution in [-0.2, 0) is 21.4 Å². The molecule has 0 aromatic carbocycles. The number of rotatable bonds is 5. The topological polar surface area (TPSA) is 119 Å². The van der Waals surface area contributed by atoms with Crippen molar-refractivity contribution < 1.29 is 13.2 Å². The van der Waals surface area contributed by atoms with Crippen molar-refractivity contribution in [3.8, 4) is 0 Å². The van der Waals surface area contributed by atoms with Gasteiger partial charge in [-0.25, -0.2) is 8.42 Å². The van der Waals surface area contributed by atoms with Crippen molar-refractivity contribution >= 4 is 27.4 Å². The highest BCUT2D eigenvalue weighted by molar-refractivity contribution is 7.92. The molecule has 20 heavy (non-hydrogen) atoms. The van der Waals surface area contributed by atoms with Gasteiger partial charge in [0.1, 0.15) is 6.54 Å². The highest BCUT2D eigenvalue weighted by atomic mass is 32.2. The predicted octanol–water partition coefficient (Wildman–Crippen LogP) is -0.317. The second-order valence-electron chi connectivity index (χ2n) is 3.92. The number of hydrogen-bond acceptors (Lipinski definition) is 6. The van der Waals surface area contributed by atoms with Crippen molar-refractivity contribution in [3.63, 3.8) is 0 Å². The predicted molar refractivity (Wildman–Crippen MR) is 71.4 cm³/mol. The van der Waals surface area contributed by atoms with Crippen molar-refractivity contribution in [2.45, 2.75) is 6.54 Å². The maximum atomic E-state index is 11.7. The van der Waals surface area contributed by atoms with Gasteiger partial charge in [-0.1, -0.05) is 0 Å². The molecule has 0 fully saturated rings. The van der Waals surface area contributed by atoms with Gasteiger partial charge in [-0.05, 0) is 12.1 Å². The molecule has 2 aromatic rings. The number of carbonyl (C=O) groups excluding carboxylic acids is 1. The molecule has 0 aliphatic heterocycles. The molecule has 106 valence electrons. The molecule has 1 amide bonds. The Hall–Kier alpha value is -2.49. The van der Waals surface area contributed by atoms with E-state index in [1.165, 1.54) is 12.4 Å². The molecule has 0 bridgehead atoms. The van der Waals surface area contributed by atoms with Crippen LogP contribution in [0.4, 0.5) is 11.5 Å². The maximum Gasteiger partial charge on any atom is 0.248 e. The Morgan fingerprint density at radius 2 is 2.20 bits per heavy atom. The third-order valence-electron chi connectivity index (χ3n) is 2.06. The summed E-state index contributed by atoms with van der Waals surface area (Å²) in [4.78, 5) is 16.6. The molecule has 0 aliphatic rings. The van der Waals surface area contributed by atoms with Crippen LogP contribution in [0.5, 0.6) is 0 Å². The molecule has 10 heteroatoms. The van der Waals surface area contributed by atoms with Gasteiger partial charge >= 0.3 is 0 Å². The molecule has 0 saturated carbocycles. The molecule has 0 atom stereocenters. The lowest BCUT2D eigenvalue weighted by Gasteiger charge is -2.03. The zero-order chi connectivity index (χ0) is 14.6. The average molecular weight is 296 g/mol. The first-order valence-corrected chi connectivity index (χ1v) is 7.39. The molecular weight excluding hydrogens is 284 g/mol. The summed E-state index contributed by atoms with van der Waals surface area (Å²) in [6, 6.07) is 3.38. The number of carbonyl (C=O) groups is 1. The summed E-state index contributed by atoms with van der Waals surface area (Å²) in [5.41, 5.74) is 0.555. The fourth-order valence-electron chi connectivity index (χ4n) is 1.38. The first-order valence-electron chi connectivity index (χ1n) is 5.50. The minimum atomic E-state index is -3.42. The minimum Gasteiger partial charge on any atom is -0.323 e. The van der Waals surface area contributed by atoms with Crippen LogP contribution in [-0.4, -0.2) is 40.6 Å². The van der Waals surface area contributed by atoms with Crippen molar-refractivity contribution in [1.82, 2.24) is 20.0 Å². The second kappa shape index (κ2) is 5.65. The first kappa shape index (κ1) is 13.9. The largest absolute Gasteiger partial charge is 0.323 e. The van der Waals surface area contributed by atoms with Crippen LogP contribution in [0.15, 0.2) is 30.7 Å². The molecule has 2 rings (SSSR count). The third-order valence-corrected chi connectivity index (χ3v) is 2.64. The number of anilines is 2. The highest BCUT2D eigenvalue weighted by Crippen LogP contribution is 2.04. The van der Waals surface area contributed by atoms with Crippen molar-refractivity contribution in [1.29, 1.82) is 0 Å². The third kappa shape index (κ3) is 4.31. The maximum absolute atomic E-state index is 11.7. The van der Waals surface area contributed by atoms with E-state index in [9.17, 15) is 13.2 Å². The van der Waals surface area contributed by atoms with Crippen LogP contribution in [0.1, 0.15) is 0 Å². The number of aromatic nitrogens is 4. The minimum absolute atomic E-state index is 0.0571. The van der Waals surface area contributed by atoms with Gasteiger partial charge in [0, 0.05) is 6.20 Å². The normalized spacial score (nSPS) is 11.1. The molecule has 0 spiro atoms. The Bertz CT molecular complexity index is 697. The fourth-order valence-corrected chi connectivity index (χ4v) is 1.85. The summed E-state index contributed by atoms with van der Waals surface area (Å²) in [6.07, 6.45) is 5.32. The van der Waals surface area contributed by atoms with E-state index in [2.05, 4.69) is 25.2 Å². The lowest BCUT2D eigenvalue weighted by molar-refractivity contribution is -0.117. The van der Waals surface area contributed by atoms with Crippen LogP contribution in [0, 0.1) is 0 Å². The van der Waals surface area contributed by atoms with Crippen LogP contribution < -0.4 is 10.0 Å². The smallest absolute Gasteiger partial charge is 0.248 e. The van der Waals surface area contributed by atoms with E-state index >= 15 is 0 Å². The van der Waals surface area contributed by atoms with E-state index in [1.807, 2.05) is 0 Å². The Balaban J connectivity index is 1.95. The molecule has 9 nitrogen and oxygen atoms in total. The van der Waals surface area contributed by atoms with E-state index < -0.39 is 10.0 Å². The summed E-state index contributed by atoms with van der Waals surface area (Å²) in [5.74, 6) is -0.291. The SMILES string of the molecule is CS(=O)(=O)Nc1cnn(CC(=O)Nc2cccnc2)n1. The van der Waals surface area contributed by atoms with E-state index in [0.29, 0.717) is 5.69 Å². The van der Waals surface area contributed by atoms with Gasteiger partial charge in [0.25, 0.3) is 0 Å². The number of pyridine rings is 1. The summed E-state index contributed by atoms with van der Waals surface area (Å²) in [5, 5.41) is 10.2. The molecule has 2 aromatic heterocycles. The monoisotopic (exact) mass is 296 g/mol. The van der Waals surface area contributed by atoms with Gasteiger partial charge in [0.05, 0.1) is 24.3 Å². The quantitative estimate of drug-likeness (QED) is 0.780. The molecule has 0 saturated heterocycles. The molecule has 0 radical (unpaired) electrons. The highest BCUT2D eigenvalue weighted by Gasteiger charge is 2.09. The zero-order valence-electron chi connectivity index (χ0n) is 10.5. The molecular formula is C10H12N6O3S. The van der Waals surface area contributed by atoms with Crippen LogP contribution in [0.2, 0.25) is 0 Å². The van der Waals surface area contributed by atoms with Crippen molar-refractivity contribution in [2.75, 3.05) is 16.3 Å². The number of hydrogen-bond donors (Lipinski definition) is 2. The van der Waals surface area contributed by atoms with E-state index in [4.69, 9.17) is 0 Å². The number of nitrogens with zero attached hydrogens (tertiary/aromatic N) is 4. The fraction of sp³-hybridized carbons (Fsp3) is 0.200. The van der Waals surface area contributed by atoms with Gasteiger partial charge in [0.2, 0.25) is 15.9 Å².